The summed E-state index contributed by atoms with van der Waals surface area (Å²) >= 11 is 1.27. The number of nitrogens with one attached hydrogen (secondary N) is 3. The molecule has 0 aliphatic carbocycles. The SMILES string of the molecule is CC(C)[C@@H]1NC(=O)CN(C(=O)CCn2cccn2)CCNC(=O)c2coc(n2)[C@H](Cc2ccccc2)NC(=O)c2csc1n2. The summed E-state index contributed by atoms with van der Waals surface area (Å²) in [6, 6.07) is 10.1. The first-order chi connectivity index (χ1) is 21.3. The van der Waals surface area contributed by atoms with Gasteiger partial charge in [0.1, 0.15) is 23.0 Å². The van der Waals surface area contributed by atoms with Crippen LogP contribution >= 0.6 is 11.3 Å². The standard InChI is InChI=1S/C30H34N8O5S/c1-19(2)26-30-35-23(18-44-30)28(42)33-21(15-20-7-4-3-5-8-20)29-34-22(17-43-29)27(41)31-11-14-37(16-24(39)36-26)25(40)9-13-38-12-6-10-32-38/h3-8,10,12,17-19,21,26H,9,11,13-16H2,1-2H3,(H,31,41)(H,33,42)(H,36,39)/t21-,26-/m0/s1. The molecule has 1 aromatic carbocycles. The number of carbonyl (C=O) groups excluding carboxylic acids is 4. The van der Waals surface area contributed by atoms with Crippen molar-refractivity contribution in [3.05, 3.63) is 88.3 Å². The number of fused-ring (bicyclic) bond motifs is 4. The first-order valence-electron chi connectivity index (χ1n) is 14.3. The van der Waals surface area contributed by atoms with Crippen LogP contribution in [0.4, 0.5) is 0 Å². The van der Waals surface area contributed by atoms with Crippen LogP contribution in [0.1, 0.15) is 69.8 Å². The molecule has 1 aliphatic rings. The average molecular weight is 619 g/mol. The van der Waals surface area contributed by atoms with Gasteiger partial charge in [0.25, 0.3) is 11.8 Å². The van der Waals surface area contributed by atoms with E-state index in [0.29, 0.717) is 18.0 Å². The van der Waals surface area contributed by atoms with Crippen molar-refractivity contribution in [2.45, 2.75) is 45.3 Å². The maximum absolute atomic E-state index is 13.4. The molecule has 14 heteroatoms. The lowest BCUT2D eigenvalue weighted by Crippen LogP contribution is -2.45. The normalized spacial score (nSPS) is 18.2. The second kappa shape index (κ2) is 14.1. The first-order valence-corrected chi connectivity index (χ1v) is 15.2. The van der Waals surface area contributed by atoms with E-state index in [-0.39, 0.29) is 61.1 Å². The van der Waals surface area contributed by atoms with E-state index in [4.69, 9.17) is 4.42 Å². The van der Waals surface area contributed by atoms with Crippen LogP contribution in [0.2, 0.25) is 0 Å². The van der Waals surface area contributed by atoms with Crippen molar-refractivity contribution < 1.29 is 23.6 Å². The number of oxazole rings is 1. The van der Waals surface area contributed by atoms with Crippen LogP contribution in [-0.2, 0) is 22.6 Å². The Morgan fingerprint density at radius 2 is 1.89 bits per heavy atom. The maximum atomic E-state index is 13.4. The van der Waals surface area contributed by atoms with Crippen molar-refractivity contribution >= 4 is 35.0 Å². The predicted molar refractivity (Wildman–Crippen MR) is 160 cm³/mol. The fraction of sp³-hybridized carbons (Fsp3) is 0.367. The van der Waals surface area contributed by atoms with E-state index < -0.39 is 23.9 Å². The van der Waals surface area contributed by atoms with Gasteiger partial charge in [-0.25, -0.2) is 9.97 Å². The number of benzene rings is 1. The summed E-state index contributed by atoms with van der Waals surface area (Å²) < 4.78 is 7.32. The molecule has 0 spiro atoms. The van der Waals surface area contributed by atoms with Crippen LogP contribution in [0.25, 0.3) is 0 Å². The van der Waals surface area contributed by atoms with Crippen molar-refractivity contribution in [3.8, 4) is 0 Å². The molecule has 0 fully saturated rings. The molecule has 2 atom stereocenters. The largest absolute Gasteiger partial charge is 0.446 e. The number of hydrogen-bond acceptors (Lipinski definition) is 9. The first kappa shape index (κ1) is 30.6. The number of thiazole rings is 1. The third kappa shape index (κ3) is 7.75. The van der Waals surface area contributed by atoms with Gasteiger partial charge in [0.05, 0.1) is 12.6 Å². The van der Waals surface area contributed by atoms with E-state index in [0.717, 1.165) is 5.56 Å². The summed E-state index contributed by atoms with van der Waals surface area (Å²) in [6.45, 7) is 4.19. The number of amides is 4. The lowest BCUT2D eigenvalue weighted by Gasteiger charge is -2.25. The van der Waals surface area contributed by atoms with E-state index in [9.17, 15) is 19.2 Å². The Bertz CT molecular complexity index is 1580. The number of hydrogen-bond donors (Lipinski definition) is 3. The minimum atomic E-state index is -0.681. The molecule has 5 rings (SSSR count). The molecule has 4 bridgehead atoms. The molecule has 3 N–H and O–H groups in total. The minimum Gasteiger partial charge on any atom is -0.446 e. The Labute approximate surface area is 258 Å². The summed E-state index contributed by atoms with van der Waals surface area (Å²) in [4.78, 5) is 63.1. The zero-order chi connectivity index (χ0) is 31.1. The highest BCUT2D eigenvalue weighted by molar-refractivity contribution is 7.09. The highest BCUT2D eigenvalue weighted by Gasteiger charge is 2.28. The van der Waals surface area contributed by atoms with Crippen LogP contribution < -0.4 is 16.0 Å². The molecule has 4 amide bonds. The van der Waals surface area contributed by atoms with Crippen LogP contribution in [0.15, 0.2) is 64.9 Å². The molecular weight excluding hydrogens is 584 g/mol. The third-order valence-corrected chi connectivity index (χ3v) is 8.04. The Hall–Kier alpha value is -4.85. The van der Waals surface area contributed by atoms with Gasteiger partial charge in [0.15, 0.2) is 5.69 Å². The molecule has 0 unspecified atom stereocenters. The van der Waals surface area contributed by atoms with E-state index >= 15 is 0 Å². The van der Waals surface area contributed by atoms with Gasteiger partial charge in [-0.15, -0.1) is 11.3 Å². The summed E-state index contributed by atoms with van der Waals surface area (Å²) in [6.07, 6.45) is 5.11. The second-order valence-corrected chi connectivity index (χ2v) is 11.6. The van der Waals surface area contributed by atoms with Crippen molar-refractivity contribution in [2.24, 2.45) is 5.92 Å². The zero-order valence-corrected chi connectivity index (χ0v) is 25.3. The van der Waals surface area contributed by atoms with E-state index in [1.54, 1.807) is 28.5 Å². The van der Waals surface area contributed by atoms with E-state index in [1.807, 2.05) is 44.2 Å². The highest BCUT2D eigenvalue weighted by atomic mass is 32.1. The molecule has 3 aromatic heterocycles. The Morgan fingerprint density at radius 1 is 1.07 bits per heavy atom. The molecule has 0 saturated heterocycles. The summed E-state index contributed by atoms with van der Waals surface area (Å²) in [5, 5.41) is 15.0. The molecule has 1 aliphatic heterocycles. The highest BCUT2D eigenvalue weighted by Crippen LogP contribution is 2.26. The summed E-state index contributed by atoms with van der Waals surface area (Å²) in [5.41, 5.74) is 1.14. The smallest absolute Gasteiger partial charge is 0.273 e. The number of rotatable bonds is 6. The van der Waals surface area contributed by atoms with Gasteiger partial charge in [0, 0.05) is 50.2 Å². The molecule has 4 aromatic rings. The molecule has 0 saturated carbocycles. The van der Waals surface area contributed by atoms with Crippen LogP contribution in [0, 0.1) is 5.92 Å². The van der Waals surface area contributed by atoms with E-state index in [2.05, 4.69) is 31.0 Å². The van der Waals surface area contributed by atoms with Crippen LogP contribution in [0.5, 0.6) is 0 Å². The number of carbonyl (C=O) groups is 4. The topological polar surface area (TPSA) is 164 Å². The van der Waals surface area contributed by atoms with Gasteiger partial charge in [-0.2, -0.15) is 5.10 Å². The monoisotopic (exact) mass is 618 g/mol. The van der Waals surface area contributed by atoms with Crippen LogP contribution in [0.3, 0.4) is 0 Å². The Morgan fingerprint density at radius 3 is 2.64 bits per heavy atom. The molecule has 230 valence electrons. The van der Waals surface area contributed by atoms with E-state index in [1.165, 1.54) is 22.5 Å². The fourth-order valence-electron chi connectivity index (χ4n) is 4.76. The number of aromatic nitrogens is 4. The molecule has 0 radical (unpaired) electrons. The third-order valence-electron chi connectivity index (χ3n) is 7.11. The van der Waals surface area contributed by atoms with Gasteiger partial charge < -0.3 is 25.3 Å². The van der Waals surface area contributed by atoms with Crippen LogP contribution in [-0.4, -0.2) is 67.9 Å². The number of aryl methyl sites for hydroxylation is 1. The Kier molecular flexibility index (Phi) is 9.79. The second-order valence-electron chi connectivity index (χ2n) is 10.7. The van der Waals surface area contributed by atoms with Gasteiger partial charge in [-0.1, -0.05) is 44.2 Å². The van der Waals surface area contributed by atoms with Gasteiger partial charge in [-0.3, -0.25) is 23.9 Å². The predicted octanol–water partition coefficient (Wildman–Crippen LogP) is 2.52. The minimum absolute atomic E-state index is 0.0263. The Balaban J connectivity index is 1.42. The molecule has 44 heavy (non-hydrogen) atoms. The number of nitrogens with zero attached hydrogens (tertiary/aromatic N) is 5. The summed E-state index contributed by atoms with van der Waals surface area (Å²) in [5.74, 6) is -1.47. The lowest BCUT2D eigenvalue weighted by molar-refractivity contribution is -0.136. The van der Waals surface area contributed by atoms with Gasteiger partial charge in [-0.05, 0) is 17.5 Å². The van der Waals surface area contributed by atoms with Crippen molar-refractivity contribution in [3.63, 3.8) is 0 Å². The lowest BCUT2D eigenvalue weighted by atomic mass is 10.0. The zero-order valence-electron chi connectivity index (χ0n) is 24.4. The van der Waals surface area contributed by atoms with Gasteiger partial charge >= 0.3 is 0 Å². The fourth-order valence-corrected chi connectivity index (χ4v) is 5.78. The molecule has 4 heterocycles. The van der Waals surface area contributed by atoms with Crippen molar-refractivity contribution in [1.29, 1.82) is 0 Å². The molecule has 13 nitrogen and oxygen atoms in total. The van der Waals surface area contributed by atoms with Gasteiger partial charge in [0.2, 0.25) is 17.7 Å². The maximum Gasteiger partial charge on any atom is 0.273 e. The quantitative estimate of drug-likeness (QED) is 0.297. The summed E-state index contributed by atoms with van der Waals surface area (Å²) in [7, 11) is 0. The average Bonchev–Trinajstić information content (AvgIpc) is 3.80. The van der Waals surface area contributed by atoms with Crippen molar-refractivity contribution in [1.82, 2.24) is 40.6 Å². The molecular formula is C30H34N8O5S. The van der Waals surface area contributed by atoms with Crippen molar-refractivity contribution in [2.75, 3.05) is 19.6 Å².